The first-order valence-electron chi connectivity index (χ1n) is 6.59. The number of hydrogen-bond acceptors (Lipinski definition) is 2. The van der Waals surface area contributed by atoms with E-state index in [1.54, 1.807) is 0 Å². The Labute approximate surface area is 115 Å². The van der Waals surface area contributed by atoms with Crippen molar-refractivity contribution in [2.45, 2.75) is 38.0 Å². The van der Waals surface area contributed by atoms with Crippen LogP contribution in [-0.2, 0) is 6.18 Å². The minimum Gasteiger partial charge on any atom is -0.348 e. The molecule has 1 aliphatic rings. The Bertz CT molecular complexity index is 488. The minimum absolute atomic E-state index is 0.0394. The van der Waals surface area contributed by atoms with E-state index < -0.39 is 17.6 Å². The van der Waals surface area contributed by atoms with Crippen LogP contribution in [0.3, 0.4) is 0 Å². The van der Waals surface area contributed by atoms with Crippen LogP contribution < -0.4 is 10.6 Å². The predicted octanol–water partition coefficient (Wildman–Crippen LogP) is 2.58. The van der Waals surface area contributed by atoms with Gasteiger partial charge in [0.05, 0.1) is 5.56 Å². The summed E-state index contributed by atoms with van der Waals surface area (Å²) in [6.45, 7) is 2.85. The van der Waals surface area contributed by atoms with Gasteiger partial charge >= 0.3 is 6.18 Å². The van der Waals surface area contributed by atoms with Crippen LogP contribution in [-0.4, -0.2) is 24.5 Å². The first-order chi connectivity index (χ1) is 9.38. The highest BCUT2D eigenvalue weighted by Gasteiger charge is 2.31. The van der Waals surface area contributed by atoms with Gasteiger partial charge in [0.25, 0.3) is 5.91 Å². The third-order valence-electron chi connectivity index (χ3n) is 3.53. The fraction of sp³-hybridized carbons (Fsp3) is 0.500. The van der Waals surface area contributed by atoms with Crippen LogP contribution in [0.25, 0.3) is 0 Å². The highest BCUT2D eigenvalue weighted by molar-refractivity contribution is 5.94. The van der Waals surface area contributed by atoms with Crippen LogP contribution in [0.1, 0.15) is 35.7 Å². The average molecular weight is 286 g/mol. The van der Waals surface area contributed by atoms with Gasteiger partial charge in [0.1, 0.15) is 0 Å². The van der Waals surface area contributed by atoms with Crippen LogP contribution in [0.4, 0.5) is 13.2 Å². The molecular weight excluding hydrogens is 269 g/mol. The smallest absolute Gasteiger partial charge is 0.348 e. The van der Waals surface area contributed by atoms with Gasteiger partial charge in [-0.1, -0.05) is 6.07 Å². The van der Waals surface area contributed by atoms with Crippen LogP contribution in [0.2, 0.25) is 0 Å². The summed E-state index contributed by atoms with van der Waals surface area (Å²) in [6, 6.07) is 4.56. The molecule has 6 heteroatoms. The second kappa shape index (κ2) is 5.83. The lowest BCUT2D eigenvalue weighted by Crippen LogP contribution is -2.51. The molecule has 2 rings (SSSR count). The topological polar surface area (TPSA) is 41.1 Å². The van der Waals surface area contributed by atoms with Crippen LogP contribution >= 0.6 is 0 Å². The lowest BCUT2D eigenvalue weighted by Gasteiger charge is -2.30. The molecule has 0 aliphatic carbocycles. The Morgan fingerprint density at radius 3 is 2.80 bits per heavy atom. The molecule has 110 valence electrons. The van der Waals surface area contributed by atoms with Crippen LogP contribution in [0, 0.1) is 0 Å². The van der Waals surface area contributed by atoms with E-state index in [4.69, 9.17) is 0 Å². The number of benzene rings is 1. The largest absolute Gasteiger partial charge is 0.416 e. The van der Waals surface area contributed by atoms with E-state index in [-0.39, 0.29) is 17.6 Å². The van der Waals surface area contributed by atoms with Crippen LogP contribution in [0.15, 0.2) is 24.3 Å². The molecule has 0 radical (unpaired) electrons. The number of halogens is 3. The molecular formula is C14H17F3N2O. The third kappa shape index (κ3) is 3.50. The number of carbonyl (C=O) groups excluding carboxylic acids is 1. The Morgan fingerprint density at radius 1 is 1.40 bits per heavy atom. The predicted molar refractivity (Wildman–Crippen MR) is 69.4 cm³/mol. The highest BCUT2D eigenvalue weighted by atomic mass is 19.4. The van der Waals surface area contributed by atoms with Gasteiger partial charge in [-0.05, 0) is 44.5 Å². The summed E-state index contributed by atoms with van der Waals surface area (Å²) >= 11 is 0. The SMILES string of the molecule is CC1NCCCC1NC(=O)c1cccc(C(F)(F)F)c1. The molecule has 1 heterocycles. The number of piperidine rings is 1. The van der Waals surface area contributed by atoms with Crippen molar-refractivity contribution in [2.75, 3.05) is 6.54 Å². The molecule has 1 aromatic carbocycles. The second-order valence-corrected chi connectivity index (χ2v) is 5.04. The van der Waals surface area contributed by atoms with Crippen LogP contribution in [0.5, 0.6) is 0 Å². The number of hydrogen-bond donors (Lipinski definition) is 2. The summed E-state index contributed by atoms with van der Waals surface area (Å²) in [4.78, 5) is 12.0. The van der Waals surface area contributed by atoms with Crippen molar-refractivity contribution in [3.05, 3.63) is 35.4 Å². The number of alkyl halides is 3. The molecule has 1 aromatic rings. The summed E-state index contributed by atoms with van der Waals surface area (Å²) < 4.78 is 37.8. The van der Waals surface area contributed by atoms with Crippen molar-refractivity contribution in [1.29, 1.82) is 0 Å². The van der Waals surface area contributed by atoms with E-state index in [9.17, 15) is 18.0 Å². The van der Waals surface area contributed by atoms with E-state index in [0.717, 1.165) is 31.5 Å². The molecule has 0 bridgehead atoms. The third-order valence-corrected chi connectivity index (χ3v) is 3.53. The van der Waals surface area contributed by atoms with Crippen molar-refractivity contribution < 1.29 is 18.0 Å². The van der Waals surface area contributed by atoms with Gasteiger partial charge in [-0.25, -0.2) is 0 Å². The zero-order valence-corrected chi connectivity index (χ0v) is 11.1. The van der Waals surface area contributed by atoms with Crippen molar-refractivity contribution in [3.8, 4) is 0 Å². The highest BCUT2D eigenvalue weighted by Crippen LogP contribution is 2.29. The normalized spacial score (nSPS) is 23.4. The molecule has 1 saturated heterocycles. The molecule has 3 nitrogen and oxygen atoms in total. The molecule has 1 aliphatic heterocycles. The summed E-state index contributed by atoms with van der Waals surface area (Å²) in [5.74, 6) is -0.461. The quantitative estimate of drug-likeness (QED) is 0.877. The van der Waals surface area contributed by atoms with E-state index in [2.05, 4.69) is 10.6 Å². The molecule has 2 unspecified atom stereocenters. The molecule has 20 heavy (non-hydrogen) atoms. The van der Waals surface area contributed by atoms with E-state index in [1.165, 1.54) is 12.1 Å². The molecule has 0 spiro atoms. The molecule has 0 saturated carbocycles. The van der Waals surface area contributed by atoms with E-state index in [0.29, 0.717) is 0 Å². The molecule has 1 fully saturated rings. The van der Waals surface area contributed by atoms with Gasteiger partial charge in [-0.3, -0.25) is 4.79 Å². The number of nitrogens with one attached hydrogen (secondary N) is 2. The summed E-state index contributed by atoms with van der Waals surface area (Å²) in [5, 5.41) is 6.02. The lowest BCUT2D eigenvalue weighted by molar-refractivity contribution is -0.137. The van der Waals surface area contributed by atoms with E-state index >= 15 is 0 Å². The maximum absolute atomic E-state index is 12.6. The number of carbonyl (C=O) groups is 1. The average Bonchev–Trinajstić information content (AvgIpc) is 2.40. The first kappa shape index (κ1) is 14.8. The maximum atomic E-state index is 12.6. The van der Waals surface area contributed by atoms with Crippen molar-refractivity contribution in [3.63, 3.8) is 0 Å². The Hall–Kier alpha value is -1.56. The van der Waals surface area contributed by atoms with Crippen molar-refractivity contribution >= 4 is 5.91 Å². The molecule has 1 amide bonds. The summed E-state index contributed by atoms with van der Waals surface area (Å²) in [5.41, 5.74) is -0.766. The standard InChI is InChI=1S/C14H17F3N2O/c1-9-12(6-3-7-18-9)19-13(20)10-4-2-5-11(8-10)14(15,16)17/h2,4-5,8-9,12,18H,3,6-7H2,1H3,(H,19,20). The molecule has 2 atom stereocenters. The monoisotopic (exact) mass is 286 g/mol. The van der Waals surface area contributed by atoms with Gasteiger partial charge in [0, 0.05) is 17.6 Å². The van der Waals surface area contributed by atoms with Gasteiger partial charge in [-0.15, -0.1) is 0 Å². The zero-order valence-electron chi connectivity index (χ0n) is 11.1. The fourth-order valence-corrected chi connectivity index (χ4v) is 2.33. The molecule has 0 aromatic heterocycles. The number of amides is 1. The summed E-state index contributed by atoms with van der Waals surface area (Å²) in [6.07, 6.45) is -2.66. The van der Waals surface area contributed by atoms with Gasteiger partial charge in [0.15, 0.2) is 0 Å². The van der Waals surface area contributed by atoms with Gasteiger partial charge < -0.3 is 10.6 Å². The summed E-state index contributed by atoms with van der Waals surface area (Å²) in [7, 11) is 0. The first-order valence-corrected chi connectivity index (χ1v) is 6.59. The Kier molecular flexibility index (Phi) is 4.32. The lowest BCUT2D eigenvalue weighted by atomic mass is 9.99. The van der Waals surface area contributed by atoms with Gasteiger partial charge in [-0.2, -0.15) is 13.2 Å². The Morgan fingerprint density at radius 2 is 2.15 bits per heavy atom. The van der Waals surface area contributed by atoms with E-state index in [1.807, 2.05) is 6.92 Å². The van der Waals surface area contributed by atoms with Gasteiger partial charge in [0.2, 0.25) is 0 Å². The minimum atomic E-state index is -4.43. The fourth-order valence-electron chi connectivity index (χ4n) is 2.33. The second-order valence-electron chi connectivity index (χ2n) is 5.04. The Balaban J connectivity index is 2.09. The zero-order chi connectivity index (χ0) is 14.8. The molecule has 2 N–H and O–H groups in total. The number of rotatable bonds is 2. The van der Waals surface area contributed by atoms with Crippen molar-refractivity contribution in [1.82, 2.24) is 10.6 Å². The maximum Gasteiger partial charge on any atom is 0.416 e. The van der Waals surface area contributed by atoms with Crippen molar-refractivity contribution in [2.24, 2.45) is 0 Å².